The van der Waals surface area contributed by atoms with Crippen LogP contribution in [0.2, 0.25) is 0 Å². The van der Waals surface area contributed by atoms with Crippen molar-refractivity contribution in [2.75, 3.05) is 5.43 Å². The first-order chi connectivity index (χ1) is 8.69. The van der Waals surface area contributed by atoms with Crippen LogP contribution in [-0.4, -0.2) is 26.2 Å². The molecule has 0 saturated carbocycles. The summed E-state index contributed by atoms with van der Waals surface area (Å²) in [5.74, 6) is 5.97. The van der Waals surface area contributed by atoms with Gasteiger partial charge in [0.05, 0.1) is 6.54 Å². The predicted octanol–water partition coefficient (Wildman–Crippen LogP) is -0.616. The number of aromatic nitrogens is 4. The Labute approximate surface area is 102 Å². The molecule has 4 N–H and O–H groups in total. The maximum atomic E-state index is 11.7. The van der Waals surface area contributed by atoms with Crippen molar-refractivity contribution < 1.29 is 9.32 Å². The van der Waals surface area contributed by atoms with Crippen LogP contribution in [0.5, 0.6) is 0 Å². The Kier molecular flexibility index (Phi) is 3.44. The van der Waals surface area contributed by atoms with E-state index in [0.29, 0.717) is 17.5 Å². The smallest absolute Gasteiger partial charge is 0.272 e. The number of nitrogen functional groups attached to an aromatic ring is 1. The van der Waals surface area contributed by atoms with Crippen LogP contribution in [0.15, 0.2) is 16.7 Å². The molecule has 2 rings (SSSR count). The molecule has 9 nitrogen and oxygen atoms in total. The zero-order chi connectivity index (χ0) is 13.0. The molecule has 0 fully saturated rings. The zero-order valence-electron chi connectivity index (χ0n) is 9.54. The van der Waals surface area contributed by atoms with Crippen molar-refractivity contribution in [3.05, 3.63) is 29.5 Å². The summed E-state index contributed by atoms with van der Waals surface area (Å²) < 4.78 is 4.77. The van der Waals surface area contributed by atoms with Gasteiger partial charge in [0, 0.05) is 6.92 Å². The molecule has 0 aromatic carbocycles. The van der Waals surface area contributed by atoms with E-state index in [1.807, 2.05) is 0 Å². The summed E-state index contributed by atoms with van der Waals surface area (Å²) in [6.07, 6.45) is 0. The average molecular weight is 249 g/mol. The molecule has 1 amide bonds. The second-order valence-electron chi connectivity index (χ2n) is 3.36. The number of hydrogen-bond acceptors (Lipinski definition) is 8. The molecular weight excluding hydrogens is 238 g/mol. The largest absolute Gasteiger partial charge is 0.343 e. The van der Waals surface area contributed by atoms with Gasteiger partial charge in [0.15, 0.2) is 17.3 Å². The number of nitrogens with zero attached hydrogens (tertiary/aromatic N) is 4. The molecule has 2 aromatic rings. The van der Waals surface area contributed by atoms with Crippen LogP contribution >= 0.6 is 0 Å². The van der Waals surface area contributed by atoms with Gasteiger partial charge in [-0.15, -0.1) is 10.2 Å². The number of hydrazine groups is 1. The molecule has 2 heterocycles. The molecule has 18 heavy (non-hydrogen) atoms. The van der Waals surface area contributed by atoms with Gasteiger partial charge in [0.1, 0.15) is 0 Å². The van der Waals surface area contributed by atoms with E-state index >= 15 is 0 Å². The summed E-state index contributed by atoms with van der Waals surface area (Å²) in [4.78, 5) is 15.6. The normalized spacial score (nSPS) is 10.1. The SMILES string of the molecule is Cc1nc(CNC(=O)c2ccc(NN)nn2)no1. The van der Waals surface area contributed by atoms with E-state index < -0.39 is 0 Å². The van der Waals surface area contributed by atoms with E-state index in [1.54, 1.807) is 13.0 Å². The predicted molar refractivity (Wildman–Crippen MR) is 60.0 cm³/mol. The van der Waals surface area contributed by atoms with Crippen LogP contribution in [0.1, 0.15) is 22.2 Å². The van der Waals surface area contributed by atoms with Gasteiger partial charge in [-0.1, -0.05) is 5.16 Å². The second kappa shape index (κ2) is 5.19. The summed E-state index contributed by atoms with van der Waals surface area (Å²) in [5.41, 5.74) is 2.49. The fraction of sp³-hybridized carbons (Fsp3) is 0.222. The van der Waals surface area contributed by atoms with Crippen LogP contribution in [0.4, 0.5) is 5.82 Å². The minimum atomic E-state index is -0.381. The van der Waals surface area contributed by atoms with E-state index in [2.05, 4.69) is 31.1 Å². The summed E-state index contributed by atoms with van der Waals surface area (Å²) >= 11 is 0. The number of carbonyl (C=O) groups is 1. The molecule has 0 unspecified atom stereocenters. The molecule has 0 saturated heterocycles. The Balaban J connectivity index is 1.94. The van der Waals surface area contributed by atoms with Gasteiger partial charge in [-0.25, -0.2) is 5.84 Å². The lowest BCUT2D eigenvalue weighted by Gasteiger charge is -2.02. The fourth-order valence-corrected chi connectivity index (χ4v) is 1.19. The van der Waals surface area contributed by atoms with Gasteiger partial charge in [-0.2, -0.15) is 4.98 Å². The van der Waals surface area contributed by atoms with Crippen LogP contribution in [0.25, 0.3) is 0 Å². The molecule has 0 aliphatic carbocycles. The van der Waals surface area contributed by atoms with Crippen LogP contribution in [-0.2, 0) is 6.54 Å². The molecule has 0 aliphatic rings. The highest BCUT2D eigenvalue weighted by Crippen LogP contribution is 2.00. The number of carbonyl (C=O) groups excluding carboxylic acids is 1. The number of nitrogens with two attached hydrogens (primary N) is 1. The van der Waals surface area contributed by atoms with E-state index in [-0.39, 0.29) is 18.1 Å². The van der Waals surface area contributed by atoms with Gasteiger partial charge in [0.2, 0.25) is 5.89 Å². The van der Waals surface area contributed by atoms with Crippen molar-refractivity contribution >= 4 is 11.7 Å². The van der Waals surface area contributed by atoms with Crippen molar-refractivity contribution in [1.29, 1.82) is 0 Å². The zero-order valence-corrected chi connectivity index (χ0v) is 9.54. The summed E-state index contributed by atoms with van der Waals surface area (Å²) in [7, 11) is 0. The quantitative estimate of drug-likeness (QED) is 0.482. The highest BCUT2D eigenvalue weighted by molar-refractivity contribution is 5.92. The van der Waals surface area contributed by atoms with Gasteiger partial charge < -0.3 is 15.3 Å². The van der Waals surface area contributed by atoms with Crippen molar-refractivity contribution in [1.82, 2.24) is 25.7 Å². The Morgan fingerprint density at radius 3 is 2.83 bits per heavy atom. The second-order valence-corrected chi connectivity index (χ2v) is 3.36. The Morgan fingerprint density at radius 1 is 1.44 bits per heavy atom. The first kappa shape index (κ1) is 11.9. The molecule has 9 heteroatoms. The van der Waals surface area contributed by atoms with Crippen LogP contribution in [0, 0.1) is 6.92 Å². The minimum absolute atomic E-state index is 0.161. The Morgan fingerprint density at radius 2 is 2.28 bits per heavy atom. The van der Waals surface area contributed by atoms with Crippen molar-refractivity contribution in [3.8, 4) is 0 Å². The van der Waals surface area contributed by atoms with Gasteiger partial charge >= 0.3 is 0 Å². The number of amides is 1. The van der Waals surface area contributed by atoms with Crippen molar-refractivity contribution in [2.24, 2.45) is 5.84 Å². The molecule has 0 aliphatic heterocycles. The molecule has 0 atom stereocenters. The summed E-state index contributed by atoms with van der Waals surface area (Å²) in [6, 6.07) is 3.04. The molecule has 2 aromatic heterocycles. The molecule has 94 valence electrons. The lowest BCUT2D eigenvalue weighted by molar-refractivity contribution is 0.0943. The number of rotatable bonds is 4. The molecule has 0 radical (unpaired) electrons. The first-order valence-corrected chi connectivity index (χ1v) is 5.07. The lowest BCUT2D eigenvalue weighted by atomic mass is 10.3. The van der Waals surface area contributed by atoms with Gasteiger partial charge in [-0.05, 0) is 12.1 Å². The highest BCUT2D eigenvalue weighted by Gasteiger charge is 2.09. The average Bonchev–Trinajstić information content (AvgIpc) is 2.82. The molecular formula is C9H11N7O2. The third-order valence-corrected chi connectivity index (χ3v) is 2.02. The maximum absolute atomic E-state index is 11.7. The third-order valence-electron chi connectivity index (χ3n) is 2.02. The Hall–Kier alpha value is -2.55. The van der Waals surface area contributed by atoms with Crippen molar-refractivity contribution in [2.45, 2.75) is 13.5 Å². The van der Waals surface area contributed by atoms with Gasteiger partial charge in [0.25, 0.3) is 5.91 Å². The molecule has 0 spiro atoms. The van der Waals surface area contributed by atoms with E-state index in [1.165, 1.54) is 6.07 Å². The Bertz CT molecular complexity index is 536. The number of aryl methyl sites for hydroxylation is 1. The first-order valence-electron chi connectivity index (χ1n) is 5.07. The van der Waals surface area contributed by atoms with Gasteiger partial charge in [-0.3, -0.25) is 4.79 Å². The number of nitrogens with one attached hydrogen (secondary N) is 2. The monoisotopic (exact) mass is 249 g/mol. The number of hydrogen-bond donors (Lipinski definition) is 3. The fourth-order valence-electron chi connectivity index (χ4n) is 1.19. The minimum Gasteiger partial charge on any atom is -0.343 e. The topological polar surface area (TPSA) is 132 Å². The van der Waals surface area contributed by atoms with E-state index in [4.69, 9.17) is 10.4 Å². The maximum Gasteiger partial charge on any atom is 0.272 e. The lowest BCUT2D eigenvalue weighted by Crippen LogP contribution is -2.25. The van der Waals surface area contributed by atoms with Crippen molar-refractivity contribution in [3.63, 3.8) is 0 Å². The van der Waals surface area contributed by atoms with E-state index in [0.717, 1.165) is 0 Å². The number of anilines is 1. The molecule has 0 bridgehead atoms. The summed E-state index contributed by atoms with van der Waals surface area (Å²) in [6.45, 7) is 1.83. The van der Waals surface area contributed by atoms with E-state index in [9.17, 15) is 4.79 Å². The standard InChI is InChI=1S/C9H11N7O2/c1-5-12-8(16-18-5)4-11-9(17)6-2-3-7(13-10)15-14-6/h2-3H,4,10H2,1H3,(H,11,17)(H,13,15). The van der Waals surface area contributed by atoms with Crippen LogP contribution in [0.3, 0.4) is 0 Å². The highest BCUT2D eigenvalue weighted by atomic mass is 16.5. The van der Waals surface area contributed by atoms with Crippen LogP contribution < -0.4 is 16.6 Å². The summed E-state index contributed by atoms with van der Waals surface area (Å²) in [5, 5.41) is 13.6. The third kappa shape index (κ3) is 2.77.